The molecule has 5 nitrogen and oxygen atoms in total. The lowest BCUT2D eigenvalue weighted by Gasteiger charge is -2.23. The largest absolute Gasteiger partial charge is 0.497 e. The van der Waals surface area contributed by atoms with Crippen molar-refractivity contribution >= 4 is 11.4 Å². The maximum Gasteiger partial charge on any atom is 0.166 e. The fourth-order valence-electron chi connectivity index (χ4n) is 4.20. The van der Waals surface area contributed by atoms with Crippen molar-refractivity contribution < 1.29 is 9.53 Å². The molecule has 0 fully saturated rings. The first kappa shape index (κ1) is 17.6. The standard InChI is InChI=1S/C24H21N3O2/c1-15-23(17-8-10-19(29-2)11-9-17)24-25-21-12-18(16-6-4-3-5-7-16)13-22(28)20(21)14-27(24)26-15/h3-11,14,18H,12-13H2,1-2H3. The summed E-state index contributed by atoms with van der Waals surface area (Å²) >= 11 is 0. The summed E-state index contributed by atoms with van der Waals surface area (Å²) in [5.74, 6) is 1.11. The Labute approximate surface area is 169 Å². The van der Waals surface area contributed by atoms with Gasteiger partial charge in [0.15, 0.2) is 11.4 Å². The van der Waals surface area contributed by atoms with E-state index in [1.165, 1.54) is 5.56 Å². The molecule has 0 radical (unpaired) electrons. The molecule has 1 atom stereocenters. The number of aromatic nitrogens is 3. The summed E-state index contributed by atoms with van der Waals surface area (Å²) in [5, 5.41) is 4.62. The quantitative estimate of drug-likeness (QED) is 0.518. The van der Waals surface area contributed by atoms with E-state index in [4.69, 9.17) is 9.72 Å². The highest BCUT2D eigenvalue weighted by Crippen LogP contribution is 2.34. The molecule has 4 aromatic rings. The van der Waals surface area contributed by atoms with Crippen LogP contribution in [0, 0.1) is 6.92 Å². The van der Waals surface area contributed by atoms with E-state index in [-0.39, 0.29) is 11.7 Å². The SMILES string of the molecule is COc1ccc(-c2c(C)nn3cc4c(nc23)CC(c2ccccc2)CC4=O)cc1. The van der Waals surface area contributed by atoms with Crippen LogP contribution in [-0.4, -0.2) is 27.5 Å². The molecule has 1 aliphatic rings. The maximum atomic E-state index is 12.9. The van der Waals surface area contributed by atoms with Gasteiger partial charge in [0.25, 0.3) is 0 Å². The smallest absolute Gasteiger partial charge is 0.166 e. The second-order valence-electron chi connectivity index (χ2n) is 7.50. The number of hydrogen-bond acceptors (Lipinski definition) is 4. The molecule has 0 aliphatic heterocycles. The van der Waals surface area contributed by atoms with Gasteiger partial charge in [-0.15, -0.1) is 0 Å². The number of carbonyl (C=O) groups excluding carboxylic acids is 1. The normalized spacial score (nSPS) is 16.1. The van der Waals surface area contributed by atoms with Crippen LogP contribution in [0.3, 0.4) is 0 Å². The summed E-state index contributed by atoms with van der Waals surface area (Å²) in [7, 11) is 1.66. The fraction of sp³-hybridized carbons (Fsp3) is 0.208. The van der Waals surface area contributed by atoms with E-state index in [0.29, 0.717) is 12.0 Å². The summed E-state index contributed by atoms with van der Waals surface area (Å²) < 4.78 is 7.01. The van der Waals surface area contributed by atoms with Gasteiger partial charge in [0.1, 0.15) is 5.75 Å². The minimum absolute atomic E-state index is 0.133. The maximum absolute atomic E-state index is 12.9. The van der Waals surface area contributed by atoms with Gasteiger partial charge in [-0.1, -0.05) is 42.5 Å². The monoisotopic (exact) mass is 383 g/mol. The van der Waals surface area contributed by atoms with Gasteiger partial charge in [-0.2, -0.15) is 5.10 Å². The molecule has 0 bridgehead atoms. The van der Waals surface area contributed by atoms with Gasteiger partial charge in [-0.25, -0.2) is 9.50 Å². The Morgan fingerprint density at radius 1 is 1.03 bits per heavy atom. The molecule has 29 heavy (non-hydrogen) atoms. The Balaban J connectivity index is 1.62. The van der Waals surface area contributed by atoms with Crippen molar-refractivity contribution in [2.75, 3.05) is 7.11 Å². The average Bonchev–Trinajstić information content (AvgIpc) is 3.07. The lowest BCUT2D eigenvalue weighted by molar-refractivity contribution is 0.0962. The predicted molar refractivity (Wildman–Crippen MR) is 112 cm³/mol. The Morgan fingerprint density at radius 3 is 2.52 bits per heavy atom. The highest BCUT2D eigenvalue weighted by molar-refractivity contribution is 5.99. The minimum Gasteiger partial charge on any atom is -0.497 e. The fourth-order valence-corrected chi connectivity index (χ4v) is 4.20. The number of rotatable bonds is 3. The van der Waals surface area contributed by atoms with E-state index in [2.05, 4.69) is 17.2 Å². The Bertz CT molecular complexity index is 1210. The second-order valence-corrected chi connectivity index (χ2v) is 7.50. The zero-order chi connectivity index (χ0) is 20.0. The molecule has 5 heteroatoms. The van der Waals surface area contributed by atoms with E-state index in [1.54, 1.807) is 11.6 Å². The molecule has 0 spiro atoms. The van der Waals surface area contributed by atoms with Crippen molar-refractivity contribution in [2.45, 2.75) is 25.7 Å². The number of hydrogen-bond donors (Lipinski definition) is 0. The molecule has 0 saturated carbocycles. The van der Waals surface area contributed by atoms with E-state index >= 15 is 0 Å². The summed E-state index contributed by atoms with van der Waals surface area (Å²) in [6.07, 6.45) is 3.12. The van der Waals surface area contributed by atoms with Gasteiger partial charge < -0.3 is 4.74 Å². The molecule has 1 unspecified atom stereocenters. The molecular formula is C24H21N3O2. The van der Waals surface area contributed by atoms with Crippen molar-refractivity contribution in [3.05, 3.63) is 83.3 Å². The van der Waals surface area contributed by atoms with Gasteiger partial charge in [0.2, 0.25) is 0 Å². The van der Waals surface area contributed by atoms with Crippen LogP contribution in [0.2, 0.25) is 0 Å². The summed E-state index contributed by atoms with van der Waals surface area (Å²) in [5.41, 5.74) is 6.43. The summed E-state index contributed by atoms with van der Waals surface area (Å²) in [6, 6.07) is 18.1. The van der Waals surface area contributed by atoms with Crippen molar-refractivity contribution in [3.63, 3.8) is 0 Å². The van der Waals surface area contributed by atoms with E-state index in [1.807, 2.05) is 55.6 Å². The van der Waals surface area contributed by atoms with Crippen LogP contribution < -0.4 is 4.74 Å². The molecular weight excluding hydrogens is 362 g/mol. The third kappa shape index (κ3) is 2.99. The number of Topliss-reactive ketones (excluding diaryl/α,β-unsaturated/α-hetero) is 1. The third-order valence-electron chi connectivity index (χ3n) is 5.68. The van der Waals surface area contributed by atoms with E-state index < -0.39 is 0 Å². The first-order chi connectivity index (χ1) is 14.1. The summed E-state index contributed by atoms with van der Waals surface area (Å²) in [6.45, 7) is 1.97. The van der Waals surface area contributed by atoms with Gasteiger partial charge in [0.05, 0.1) is 24.1 Å². The number of aryl methyl sites for hydroxylation is 1. The van der Waals surface area contributed by atoms with Crippen molar-refractivity contribution in [3.8, 4) is 16.9 Å². The number of ketones is 1. The lowest BCUT2D eigenvalue weighted by Crippen LogP contribution is -2.21. The van der Waals surface area contributed by atoms with Crippen LogP contribution in [0.1, 0.15) is 39.6 Å². The zero-order valence-electron chi connectivity index (χ0n) is 16.4. The van der Waals surface area contributed by atoms with Crippen LogP contribution in [-0.2, 0) is 6.42 Å². The third-order valence-corrected chi connectivity index (χ3v) is 5.68. The number of methoxy groups -OCH3 is 1. The molecule has 2 heterocycles. The highest BCUT2D eigenvalue weighted by Gasteiger charge is 2.29. The van der Waals surface area contributed by atoms with E-state index in [9.17, 15) is 4.79 Å². The van der Waals surface area contributed by atoms with Gasteiger partial charge in [0, 0.05) is 18.2 Å². The Morgan fingerprint density at radius 2 is 1.79 bits per heavy atom. The molecule has 144 valence electrons. The van der Waals surface area contributed by atoms with E-state index in [0.717, 1.165) is 40.3 Å². The number of carbonyl (C=O) groups is 1. The first-order valence-electron chi connectivity index (χ1n) is 9.75. The second kappa shape index (κ2) is 6.85. The first-order valence-corrected chi connectivity index (χ1v) is 9.75. The van der Waals surface area contributed by atoms with Crippen LogP contribution >= 0.6 is 0 Å². The average molecular weight is 383 g/mol. The van der Waals surface area contributed by atoms with Gasteiger partial charge in [-0.3, -0.25) is 4.79 Å². The molecule has 0 saturated heterocycles. The van der Waals surface area contributed by atoms with Crippen LogP contribution in [0.25, 0.3) is 16.8 Å². The van der Waals surface area contributed by atoms with Crippen molar-refractivity contribution in [1.29, 1.82) is 0 Å². The van der Waals surface area contributed by atoms with Crippen LogP contribution in [0.15, 0.2) is 60.8 Å². The molecule has 2 aromatic heterocycles. The zero-order valence-corrected chi connectivity index (χ0v) is 16.4. The van der Waals surface area contributed by atoms with Crippen molar-refractivity contribution in [2.24, 2.45) is 0 Å². The van der Waals surface area contributed by atoms with Crippen LogP contribution in [0.5, 0.6) is 5.75 Å². The molecule has 2 aromatic carbocycles. The number of ether oxygens (including phenoxy) is 1. The predicted octanol–water partition coefficient (Wildman–Crippen LogP) is 4.63. The number of benzene rings is 2. The Hall–Kier alpha value is -3.47. The molecule has 0 N–H and O–H groups in total. The molecule has 1 aliphatic carbocycles. The highest BCUT2D eigenvalue weighted by atomic mass is 16.5. The van der Waals surface area contributed by atoms with Gasteiger partial charge in [-0.05, 0) is 42.5 Å². The minimum atomic E-state index is 0.133. The lowest BCUT2D eigenvalue weighted by atomic mass is 9.82. The molecule has 0 amide bonds. The number of fused-ring (bicyclic) bond motifs is 2. The van der Waals surface area contributed by atoms with Crippen LogP contribution in [0.4, 0.5) is 0 Å². The topological polar surface area (TPSA) is 56.5 Å². The molecule has 5 rings (SSSR count). The van der Waals surface area contributed by atoms with Crippen molar-refractivity contribution in [1.82, 2.24) is 14.6 Å². The number of nitrogens with zero attached hydrogens (tertiary/aromatic N) is 3. The summed E-state index contributed by atoms with van der Waals surface area (Å²) in [4.78, 5) is 17.8. The Kier molecular flexibility index (Phi) is 4.16. The van der Waals surface area contributed by atoms with Gasteiger partial charge >= 0.3 is 0 Å².